The minimum atomic E-state index is -0.167. The molecular formula is C22H30N4O. The number of hydrogen-bond donors (Lipinski definition) is 0. The van der Waals surface area contributed by atoms with Crippen molar-refractivity contribution in [1.82, 2.24) is 19.4 Å². The van der Waals surface area contributed by atoms with E-state index < -0.39 is 0 Å². The van der Waals surface area contributed by atoms with E-state index >= 15 is 0 Å². The molecule has 3 heterocycles. The highest BCUT2D eigenvalue weighted by Gasteiger charge is 2.48. The Balaban J connectivity index is 1.44. The molecule has 2 saturated heterocycles. The SMILES string of the molecule is CC(C)N1CCCC2(CCN(Cc3nccn3Cc3ccccc3)C2)C1=O. The Morgan fingerprint density at radius 2 is 1.93 bits per heavy atom. The second-order valence-corrected chi connectivity index (χ2v) is 8.39. The van der Waals surface area contributed by atoms with Gasteiger partial charge in [-0.25, -0.2) is 4.98 Å². The van der Waals surface area contributed by atoms with Crippen LogP contribution in [0.5, 0.6) is 0 Å². The molecule has 5 nitrogen and oxygen atoms in total. The molecule has 1 spiro atoms. The summed E-state index contributed by atoms with van der Waals surface area (Å²) in [5.41, 5.74) is 1.11. The topological polar surface area (TPSA) is 41.4 Å². The normalized spacial score (nSPS) is 23.7. The van der Waals surface area contributed by atoms with Gasteiger partial charge in [0.2, 0.25) is 5.91 Å². The number of nitrogens with zero attached hydrogens (tertiary/aromatic N) is 4. The summed E-state index contributed by atoms with van der Waals surface area (Å²) in [6.45, 7) is 8.68. The van der Waals surface area contributed by atoms with Crippen LogP contribution in [0, 0.1) is 5.41 Å². The van der Waals surface area contributed by atoms with Gasteiger partial charge in [0.15, 0.2) is 0 Å². The molecule has 27 heavy (non-hydrogen) atoms. The van der Waals surface area contributed by atoms with Gasteiger partial charge in [0.1, 0.15) is 5.82 Å². The van der Waals surface area contributed by atoms with Crippen LogP contribution >= 0.6 is 0 Å². The summed E-state index contributed by atoms with van der Waals surface area (Å²) in [5.74, 6) is 1.46. The van der Waals surface area contributed by atoms with Gasteiger partial charge in [-0.15, -0.1) is 0 Å². The van der Waals surface area contributed by atoms with Crippen molar-refractivity contribution in [3.05, 3.63) is 54.1 Å². The number of carbonyl (C=O) groups excluding carboxylic acids is 1. The molecule has 2 aliphatic heterocycles. The predicted molar refractivity (Wildman–Crippen MR) is 106 cm³/mol. The number of benzene rings is 1. The lowest BCUT2D eigenvalue weighted by atomic mass is 9.78. The molecule has 144 valence electrons. The molecule has 0 N–H and O–H groups in total. The van der Waals surface area contributed by atoms with Gasteiger partial charge in [-0.05, 0) is 45.2 Å². The van der Waals surface area contributed by atoms with E-state index in [0.717, 1.165) is 57.8 Å². The van der Waals surface area contributed by atoms with Crippen LogP contribution in [0.1, 0.15) is 44.5 Å². The zero-order valence-corrected chi connectivity index (χ0v) is 16.5. The summed E-state index contributed by atoms with van der Waals surface area (Å²) in [6.07, 6.45) is 7.08. The number of piperidine rings is 1. The maximum absolute atomic E-state index is 13.1. The Morgan fingerprint density at radius 1 is 1.11 bits per heavy atom. The molecule has 1 unspecified atom stereocenters. The predicted octanol–water partition coefficient (Wildman–Crippen LogP) is 3.15. The third-order valence-electron chi connectivity index (χ3n) is 6.19. The number of amides is 1. The number of carbonyl (C=O) groups is 1. The highest BCUT2D eigenvalue weighted by atomic mass is 16.2. The summed E-state index contributed by atoms with van der Waals surface area (Å²) < 4.78 is 2.23. The fraction of sp³-hybridized carbons (Fsp3) is 0.545. The van der Waals surface area contributed by atoms with E-state index in [2.05, 4.69) is 63.7 Å². The third-order valence-corrected chi connectivity index (χ3v) is 6.19. The first kappa shape index (κ1) is 18.2. The fourth-order valence-electron chi connectivity index (χ4n) is 4.68. The van der Waals surface area contributed by atoms with Crippen LogP contribution in [0.15, 0.2) is 42.7 Å². The lowest BCUT2D eigenvalue weighted by Gasteiger charge is -2.41. The standard InChI is InChI=1S/C22H30N4O/c1-18(2)26-12-6-9-22(21(26)27)10-13-24(17-22)16-20-23-11-14-25(20)15-19-7-4-3-5-8-19/h3-5,7-8,11,14,18H,6,9-10,12-13,15-17H2,1-2H3. The molecule has 0 saturated carbocycles. The van der Waals surface area contributed by atoms with Crippen molar-refractivity contribution in [3.8, 4) is 0 Å². The van der Waals surface area contributed by atoms with Gasteiger partial charge in [-0.3, -0.25) is 9.69 Å². The lowest BCUT2D eigenvalue weighted by molar-refractivity contribution is -0.147. The summed E-state index contributed by atoms with van der Waals surface area (Å²) in [6, 6.07) is 10.8. The maximum atomic E-state index is 13.1. The van der Waals surface area contributed by atoms with Gasteiger partial charge >= 0.3 is 0 Å². The molecule has 0 bridgehead atoms. The molecule has 5 heteroatoms. The second-order valence-electron chi connectivity index (χ2n) is 8.39. The number of likely N-dealkylation sites (tertiary alicyclic amines) is 2. The van der Waals surface area contributed by atoms with Crippen molar-refractivity contribution in [2.45, 2.75) is 52.2 Å². The smallest absolute Gasteiger partial charge is 0.230 e. The van der Waals surface area contributed by atoms with Crippen molar-refractivity contribution in [3.63, 3.8) is 0 Å². The average molecular weight is 367 g/mol. The van der Waals surface area contributed by atoms with Crippen LogP contribution in [0.2, 0.25) is 0 Å². The van der Waals surface area contributed by atoms with Crippen molar-refractivity contribution >= 4 is 5.91 Å². The highest BCUT2D eigenvalue weighted by molar-refractivity contribution is 5.84. The summed E-state index contributed by atoms with van der Waals surface area (Å²) in [7, 11) is 0. The average Bonchev–Trinajstić information content (AvgIpc) is 3.26. The first-order valence-electron chi connectivity index (χ1n) is 10.1. The minimum absolute atomic E-state index is 0.167. The molecule has 1 aromatic carbocycles. The number of rotatable bonds is 5. The summed E-state index contributed by atoms with van der Waals surface area (Å²) in [4.78, 5) is 22.2. The molecule has 1 atom stereocenters. The fourth-order valence-corrected chi connectivity index (χ4v) is 4.68. The summed E-state index contributed by atoms with van der Waals surface area (Å²) >= 11 is 0. The van der Waals surface area contributed by atoms with Gasteiger partial charge < -0.3 is 9.47 Å². The van der Waals surface area contributed by atoms with Gasteiger partial charge in [0, 0.05) is 38.1 Å². The Bertz CT molecular complexity index is 785. The molecule has 2 aliphatic rings. The minimum Gasteiger partial charge on any atom is -0.340 e. The second kappa shape index (κ2) is 7.47. The molecule has 2 fully saturated rings. The van der Waals surface area contributed by atoms with Gasteiger partial charge in [-0.1, -0.05) is 30.3 Å². The molecule has 0 aliphatic carbocycles. The van der Waals surface area contributed by atoms with E-state index in [9.17, 15) is 4.79 Å². The number of hydrogen-bond acceptors (Lipinski definition) is 3. The van der Waals surface area contributed by atoms with E-state index in [4.69, 9.17) is 0 Å². The van der Waals surface area contributed by atoms with Crippen molar-refractivity contribution in [2.24, 2.45) is 5.41 Å². The third kappa shape index (κ3) is 3.65. The van der Waals surface area contributed by atoms with E-state index in [1.807, 2.05) is 12.3 Å². The van der Waals surface area contributed by atoms with Gasteiger partial charge in [0.05, 0.1) is 12.0 Å². The quantitative estimate of drug-likeness (QED) is 0.816. The zero-order valence-electron chi connectivity index (χ0n) is 16.5. The Morgan fingerprint density at radius 3 is 2.70 bits per heavy atom. The first-order valence-corrected chi connectivity index (χ1v) is 10.1. The maximum Gasteiger partial charge on any atom is 0.230 e. The van der Waals surface area contributed by atoms with Crippen molar-refractivity contribution in [1.29, 1.82) is 0 Å². The molecule has 2 aromatic rings. The number of aromatic nitrogens is 2. The Hall–Kier alpha value is -2.14. The van der Waals surface area contributed by atoms with Crippen LogP contribution in [-0.4, -0.2) is 50.9 Å². The Kier molecular flexibility index (Phi) is 5.04. The zero-order chi connectivity index (χ0) is 18.9. The molecule has 1 aromatic heterocycles. The monoisotopic (exact) mass is 366 g/mol. The largest absolute Gasteiger partial charge is 0.340 e. The highest BCUT2D eigenvalue weighted by Crippen LogP contribution is 2.41. The molecular weight excluding hydrogens is 336 g/mol. The van der Waals surface area contributed by atoms with Crippen LogP contribution in [0.4, 0.5) is 0 Å². The van der Waals surface area contributed by atoms with E-state index in [1.54, 1.807) is 0 Å². The van der Waals surface area contributed by atoms with Gasteiger partial charge in [-0.2, -0.15) is 0 Å². The Labute approximate surface area is 162 Å². The van der Waals surface area contributed by atoms with Crippen LogP contribution in [-0.2, 0) is 17.9 Å². The van der Waals surface area contributed by atoms with Crippen molar-refractivity contribution in [2.75, 3.05) is 19.6 Å². The molecule has 4 rings (SSSR count). The van der Waals surface area contributed by atoms with Crippen LogP contribution in [0.3, 0.4) is 0 Å². The van der Waals surface area contributed by atoms with E-state index in [-0.39, 0.29) is 5.41 Å². The summed E-state index contributed by atoms with van der Waals surface area (Å²) in [5, 5.41) is 0. The first-order chi connectivity index (χ1) is 13.1. The lowest BCUT2D eigenvalue weighted by Crippen LogP contribution is -2.52. The molecule has 1 amide bonds. The van der Waals surface area contributed by atoms with Crippen LogP contribution in [0.25, 0.3) is 0 Å². The van der Waals surface area contributed by atoms with E-state index in [0.29, 0.717) is 11.9 Å². The number of imidazole rings is 1. The van der Waals surface area contributed by atoms with Crippen molar-refractivity contribution < 1.29 is 4.79 Å². The molecule has 0 radical (unpaired) electrons. The van der Waals surface area contributed by atoms with Crippen LogP contribution < -0.4 is 0 Å². The van der Waals surface area contributed by atoms with E-state index in [1.165, 1.54) is 5.56 Å². The van der Waals surface area contributed by atoms with Gasteiger partial charge in [0.25, 0.3) is 0 Å².